The van der Waals surface area contributed by atoms with Crippen LogP contribution >= 0.6 is 0 Å². The number of allylic oxidation sites excluding steroid dienone is 8. The van der Waals surface area contributed by atoms with Crippen LogP contribution in [0.4, 0.5) is 0 Å². The van der Waals surface area contributed by atoms with E-state index >= 15 is 0 Å². The molecule has 6 heteroatoms. The summed E-state index contributed by atoms with van der Waals surface area (Å²) in [6.07, 6.45) is 90.2. The molecule has 0 saturated heterocycles. The zero-order valence-corrected chi connectivity index (χ0v) is 55.3. The van der Waals surface area contributed by atoms with Crippen molar-refractivity contribution < 1.29 is 28.6 Å². The Morgan fingerprint density at radius 3 is 0.744 bits per heavy atom. The molecule has 0 radical (unpaired) electrons. The molecule has 82 heavy (non-hydrogen) atoms. The number of hydrogen-bond donors (Lipinski definition) is 0. The van der Waals surface area contributed by atoms with Crippen LogP contribution in [0.2, 0.25) is 0 Å². The quantitative estimate of drug-likeness (QED) is 0.0261. The van der Waals surface area contributed by atoms with Crippen LogP contribution in [0, 0.1) is 0 Å². The van der Waals surface area contributed by atoms with Gasteiger partial charge < -0.3 is 14.2 Å². The third kappa shape index (κ3) is 68.2. The largest absolute Gasteiger partial charge is 0.462 e. The fraction of sp³-hybridized carbons (Fsp3) is 0.855. The number of hydrogen-bond acceptors (Lipinski definition) is 6. The molecule has 0 aliphatic rings. The summed E-state index contributed by atoms with van der Waals surface area (Å²) in [6.45, 7) is 6.60. The second kappa shape index (κ2) is 70.9. The summed E-state index contributed by atoms with van der Waals surface area (Å²) < 4.78 is 17.0. The fourth-order valence-electron chi connectivity index (χ4n) is 11.1. The van der Waals surface area contributed by atoms with Crippen molar-refractivity contribution in [3.63, 3.8) is 0 Å². The molecule has 0 bridgehead atoms. The molecule has 1 unspecified atom stereocenters. The highest BCUT2D eigenvalue weighted by Crippen LogP contribution is 2.19. The van der Waals surface area contributed by atoms with Crippen molar-refractivity contribution in [1.29, 1.82) is 0 Å². The molecule has 480 valence electrons. The zero-order valence-electron chi connectivity index (χ0n) is 55.3. The average Bonchev–Trinajstić information content (AvgIpc) is 3.47. The van der Waals surface area contributed by atoms with Gasteiger partial charge in [-0.1, -0.05) is 371 Å². The fourth-order valence-corrected chi connectivity index (χ4v) is 11.1. The third-order valence-corrected chi connectivity index (χ3v) is 16.6. The van der Waals surface area contributed by atoms with Crippen LogP contribution in [0.3, 0.4) is 0 Å². The van der Waals surface area contributed by atoms with E-state index in [1.165, 1.54) is 276 Å². The van der Waals surface area contributed by atoms with Crippen LogP contribution in [0.25, 0.3) is 0 Å². The number of rotatable bonds is 68. The highest BCUT2D eigenvalue weighted by atomic mass is 16.6. The number of carbonyl (C=O) groups is 3. The standard InChI is InChI=1S/C76H140O6/c1-4-7-10-13-16-19-22-24-26-28-30-32-34-36-37-38-39-40-42-43-45-47-49-51-54-57-60-63-66-69-75(78)81-72-73(71-80-74(77)68-65-62-59-56-53-21-18-15-12-9-6-3)82-76(79)70-67-64-61-58-55-52-50-48-46-44-41-35-33-31-29-27-25-23-20-17-14-11-8-5-2/h7,10,16,19,24,26,30,32,73H,4-6,8-9,11-15,17-18,20-23,25,27-29,31,33-72H2,1-3H3/b10-7-,19-16-,26-24-,32-30-. The molecule has 0 saturated carbocycles. The minimum absolute atomic E-state index is 0.0655. The molecule has 0 N–H and O–H groups in total. The van der Waals surface area contributed by atoms with Crippen LogP contribution in [0.15, 0.2) is 48.6 Å². The Balaban J connectivity index is 4.14. The Hall–Kier alpha value is -2.63. The molecular weight excluding hydrogens is 1010 g/mol. The monoisotopic (exact) mass is 1150 g/mol. The molecule has 0 rings (SSSR count). The Morgan fingerprint density at radius 1 is 0.256 bits per heavy atom. The normalized spacial score (nSPS) is 12.3. The SMILES string of the molecule is CC/C=C\C/C=C\C/C=C\C/C=C\CCCCCCCCCCCCCCCCCCC(=O)OCC(COC(=O)CCCCCCCCCCCCC)OC(=O)CCCCCCCCCCCCCCCCCCCCCCCCCC. The molecule has 0 aliphatic carbocycles. The molecule has 0 fully saturated rings. The van der Waals surface area contributed by atoms with E-state index in [4.69, 9.17) is 14.2 Å². The molecule has 0 amide bonds. The number of esters is 3. The van der Waals surface area contributed by atoms with Gasteiger partial charge in [0.05, 0.1) is 0 Å². The second-order valence-corrected chi connectivity index (χ2v) is 24.8. The maximum atomic E-state index is 13.0. The van der Waals surface area contributed by atoms with Crippen molar-refractivity contribution in [3.8, 4) is 0 Å². The van der Waals surface area contributed by atoms with Gasteiger partial charge in [0, 0.05) is 19.3 Å². The van der Waals surface area contributed by atoms with E-state index in [0.29, 0.717) is 19.3 Å². The first-order valence-corrected chi connectivity index (χ1v) is 36.6. The topological polar surface area (TPSA) is 78.9 Å². The zero-order chi connectivity index (χ0) is 59.2. The first-order chi connectivity index (χ1) is 40.5. The predicted octanol–water partition coefficient (Wildman–Crippen LogP) is 25.3. The molecule has 0 heterocycles. The van der Waals surface area contributed by atoms with E-state index in [9.17, 15) is 14.4 Å². The van der Waals surface area contributed by atoms with Crippen molar-refractivity contribution in [1.82, 2.24) is 0 Å². The van der Waals surface area contributed by atoms with E-state index in [0.717, 1.165) is 83.5 Å². The molecular formula is C76H140O6. The number of carbonyl (C=O) groups excluding carboxylic acids is 3. The van der Waals surface area contributed by atoms with Gasteiger partial charge >= 0.3 is 17.9 Å². The molecule has 6 nitrogen and oxygen atoms in total. The van der Waals surface area contributed by atoms with Crippen molar-refractivity contribution in [3.05, 3.63) is 48.6 Å². The molecule has 0 aromatic carbocycles. The van der Waals surface area contributed by atoms with Gasteiger partial charge in [0.1, 0.15) is 13.2 Å². The maximum absolute atomic E-state index is 13.0. The maximum Gasteiger partial charge on any atom is 0.306 e. The van der Waals surface area contributed by atoms with Gasteiger partial charge in [-0.05, 0) is 57.8 Å². The van der Waals surface area contributed by atoms with E-state index in [1.807, 2.05) is 0 Å². The van der Waals surface area contributed by atoms with Crippen LogP contribution < -0.4 is 0 Å². The van der Waals surface area contributed by atoms with Gasteiger partial charge in [-0.3, -0.25) is 14.4 Å². The van der Waals surface area contributed by atoms with Gasteiger partial charge in [-0.15, -0.1) is 0 Å². The van der Waals surface area contributed by atoms with Gasteiger partial charge in [0.25, 0.3) is 0 Å². The predicted molar refractivity (Wildman–Crippen MR) is 358 cm³/mol. The Kier molecular flexibility index (Phi) is 68.6. The summed E-state index contributed by atoms with van der Waals surface area (Å²) in [5, 5.41) is 0. The van der Waals surface area contributed by atoms with Crippen molar-refractivity contribution >= 4 is 17.9 Å². The van der Waals surface area contributed by atoms with E-state index < -0.39 is 6.10 Å². The van der Waals surface area contributed by atoms with Gasteiger partial charge in [0.2, 0.25) is 0 Å². The molecule has 0 aromatic heterocycles. The summed E-state index contributed by atoms with van der Waals surface area (Å²) in [5.74, 6) is -0.835. The highest BCUT2D eigenvalue weighted by Gasteiger charge is 2.19. The number of ether oxygens (including phenoxy) is 3. The first-order valence-electron chi connectivity index (χ1n) is 36.6. The third-order valence-electron chi connectivity index (χ3n) is 16.6. The van der Waals surface area contributed by atoms with Crippen molar-refractivity contribution in [2.45, 2.75) is 406 Å². The van der Waals surface area contributed by atoms with Crippen LogP contribution in [0.1, 0.15) is 400 Å². The van der Waals surface area contributed by atoms with Gasteiger partial charge in [-0.2, -0.15) is 0 Å². The highest BCUT2D eigenvalue weighted by molar-refractivity contribution is 5.71. The molecule has 0 spiro atoms. The lowest BCUT2D eigenvalue weighted by atomic mass is 10.0. The first kappa shape index (κ1) is 79.4. The van der Waals surface area contributed by atoms with E-state index in [1.54, 1.807) is 0 Å². The smallest absolute Gasteiger partial charge is 0.306 e. The van der Waals surface area contributed by atoms with Crippen molar-refractivity contribution in [2.24, 2.45) is 0 Å². The molecule has 0 aliphatic heterocycles. The number of unbranched alkanes of at least 4 members (excludes halogenated alkanes) is 49. The lowest BCUT2D eigenvalue weighted by molar-refractivity contribution is -0.167. The van der Waals surface area contributed by atoms with Gasteiger partial charge in [0.15, 0.2) is 6.10 Å². The lowest BCUT2D eigenvalue weighted by Crippen LogP contribution is -2.30. The lowest BCUT2D eigenvalue weighted by Gasteiger charge is -2.18. The Labute approximate surface area is 511 Å². The minimum Gasteiger partial charge on any atom is -0.462 e. The van der Waals surface area contributed by atoms with Crippen LogP contribution in [0.5, 0.6) is 0 Å². The summed E-state index contributed by atoms with van der Waals surface area (Å²) >= 11 is 0. The van der Waals surface area contributed by atoms with Gasteiger partial charge in [-0.25, -0.2) is 0 Å². The van der Waals surface area contributed by atoms with Crippen LogP contribution in [-0.2, 0) is 28.6 Å². The summed E-state index contributed by atoms with van der Waals surface area (Å²) in [6, 6.07) is 0. The summed E-state index contributed by atoms with van der Waals surface area (Å²) in [4.78, 5) is 38.4. The summed E-state index contributed by atoms with van der Waals surface area (Å²) in [5.41, 5.74) is 0. The second-order valence-electron chi connectivity index (χ2n) is 24.8. The molecule has 0 aromatic rings. The Morgan fingerprint density at radius 2 is 0.476 bits per heavy atom. The van der Waals surface area contributed by atoms with E-state index in [-0.39, 0.29) is 31.1 Å². The summed E-state index contributed by atoms with van der Waals surface area (Å²) in [7, 11) is 0. The van der Waals surface area contributed by atoms with E-state index in [2.05, 4.69) is 69.4 Å². The molecule has 1 atom stereocenters. The Bertz CT molecular complexity index is 1410. The minimum atomic E-state index is -0.769. The average molecular weight is 1150 g/mol. The van der Waals surface area contributed by atoms with Crippen LogP contribution in [-0.4, -0.2) is 37.2 Å². The van der Waals surface area contributed by atoms with Crippen molar-refractivity contribution in [2.75, 3.05) is 13.2 Å².